The Kier molecular flexibility index (Phi) is 5.20. The number of carbonyl (C=O) groups is 1. The van der Waals surface area contributed by atoms with E-state index in [2.05, 4.69) is 17.2 Å². The average Bonchev–Trinajstić information content (AvgIpc) is 2.49. The topological polar surface area (TPSA) is 54.5 Å². The van der Waals surface area contributed by atoms with E-state index in [4.69, 9.17) is 16.3 Å². The highest BCUT2D eigenvalue weighted by Gasteiger charge is 2.26. The molecule has 2 rings (SSSR count). The second-order valence-electron chi connectivity index (χ2n) is 4.71. The zero-order valence-electron chi connectivity index (χ0n) is 11.9. The maximum Gasteiger partial charge on any atom is 0.274 e. The fourth-order valence-corrected chi connectivity index (χ4v) is 2.36. The fraction of sp³-hybridized carbons (Fsp3) is 0.571. The molecule has 1 saturated heterocycles. The third kappa shape index (κ3) is 3.41. The number of nitrogens with one attached hydrogen (secondary N) is 1. The molecule has 1 atom stereocenters. The van der Waals surface area contributed by atoms with Crippen LogP contribution >= 0.6 is 11.6 Å². The van der Waals surface area contributed by atoms with Gasteiger partial charge in [-0.1, -0.05) is 18.5 Å². The molecule has 0 radical (unpaired) electrons. The zero-order chi connectivity index (χ0) is 14.5. The molecule has 1 N–H and O–H groups in total. The Labute approximate surface area is 124 Å². The van der Waals surface area contributed by atoms with E-state index in [0.717, 1.165) is 13.0 Å². The predicted molar refractivity (Wildman–Crippen MR) is 79.3 cm³/mol. The van der Waals surface area contributed by atoms with Gasteiger partial charge >= 0.3 is 0 Å². The first-order chi connectivity index (χ1) is 9.65. The summed E-state index contributed by atoms with van der Waals surface area (Å²) in [6.07, 6.45) is 0.992. The van der Waals surface area contributed by atoms with Crippen LogP contribution in [0.3, 0.4) is 0 Å². The Morgan fingerprint density at radius 3 is 3.05 bits per heavy atom. The molecule has 1 aliphatic rings. The molecule has 20 heavy (non-hydrogen) atoms. The number of hydrogen-bond acceptors (Lipinski definition) is 4. The number of aromatic nitrogens is 1. The fourth-order valence-electron chi connectivity index (χ4n) is 2.17. The van der Waals surface area contributed by atoms with E-state index in [1.54, 1.807) is 17.0 Å². The Balaban J connectivity index is 2.17. The molecule has 0 saturated carbocycles. The van der Waals surface area contributed by atoms with Gasteiger partial charge in [0, 0.05) is 19.6 Å². The lowest BCUT2D eigenvalue weighted by Crippen LogP contribution is -2.45. The van der Waals surface area contributed by atoms with E-state index in [-0.39, 0.29) is 12.0 Å². The molecule has 1 aliphatic heterocycles. The van der Waals surface area contributed by atoms with Gasteiger partial charge < -0.3 is 15.0 Å². The zero-order valence-corrected chi connectivity index (χ0v) is 12.6. The predicted octanol–water partition coefficient (Wildman–Crippen LogP) is 2.42. The summed E-state index contributed by atoms with van der Waals surface area (Å²) in [6.45, 7) is 6.52. The normalized spacial score (nSPS) is 18.9. The van der Waals surface area contributed by atoms with Gasteiger partial charge in [0.2, 0.25) is 0 Å². The Hall–Kier alpha value is -1.33. The number of morpholine rings is 1. The van der Waals surface area contributed by atoms with Crippen molar-refractivity contribution < 1.29 is 9.53 Å². The minimum Gasteiger partial charge on any atom is -0.375 e. The number of hydrogen-bond donors (Lipinski definition) is 1. The number of ether oxygens (including phenoxy) is 1. The average molecular weight is 298 g/mol. The maximum absolute atomic E-state index is 12.5. The van der Waals surface area contributed by atoms with Crippen LogP contribution in [0, 0.1) is 0 Å². The largest absolute Gasteiger partial charge is 0.375 e. The standard InChI is InChI=1S/C14H20ClN3O2/c1-3-10-9-18(7-8-20-10)14(19)13-11(15)5-6-12(17-13)16-4-2/h5-6,10H,3-4,7-9H2,1-2H3,(H,16,17). The van der Waals surface area contributed by atoms with E-state index in [0.29, 0.717) is 36.2 Å². The van der Waals surface area contributed by atoms with Crippen molar-refractivity contribution >= 4 is 23.3 Å². The van der Waals surface area contributed by atoms with Crippen LogP contribution in [0.2, 0.25) is 5.02 Å². The van der Waals surface area contributed by atoms with Crippen LogP contribution in [-0.2, 0) is 4.74 Å². The summed E-state index contributed by atoms with van der Waals surface area (Å²) in [7, 11) is 0. The summed E-state index contributed by atoms with van der Waals surface area (Å²) >= 11 is 6.11. The number of amides is 1. The summed E-state index contributed by atoms with van der Waals surface area (Å²) in [5.41, 5.74) is 0.307. The second kappa shape index (κ2) is 6.90. The lowest BCUT2D eigenvalue weighted by Gasteiger charge is -2.32. The van der Waals surface area contributed by atoms with Crippen molar-refractivity contribution in [2.75, 3.05) is 31.6 Å². The maximum atomic E-state index is 12.5. The van der Waals surface area contributed by atoms with Crippen LogP contribution in [0.5, 0.6) is 0 Å². The van der Waals surface area contributed by atoms with Crippen LogP contribution < -0.4 is 5.32 Å². The van der Waals surface area contributed by atoms with Crippen molar-refractivity contribution in [1.29, 1.82) is 0 Å². The van der Waals surface area contributed by atoms with Gasteiger partial charge in [-0.05, 0) is 25.5 Å². The van der Waals surface area contributed by atoms with Gasteiger partial charge in [-0.15, -0.1) is 0 Å². The van der Waals surface area contributed by atoms with Crippen molar-refractivity contribution in [3.63, 3.8) is 0 Å². The third-order valence-corrected chi connectivity index (χ3v) is 3.59. The molecule has 0 aliphatic carbocycles. The molecule has 1 amide bonds. The molecular weight excluding hydrogens is 278 g/mol. The Bertz CT molecular complexity index is 481. The third-order valence-electron chi connectivity index (χ3n) is 3.29. The molecule has 1 unspecified atom stereocenters. The van der Waals surface area contributed by atoms with E-state index in [9.17, 15) is 4.79 Å². The van der Waals surface area contributed by atoms with Gasteiger partial charge in [-0.25, -0.2) is 4.98 Å². The van der Waals surface area contributed by atoms with Crippen molar-refractivity contribution in [3.8, 4) is 0 Å². The number of halogens is 1. The highest BCUT2D eigenvalue weighted by atomic mass is 35.5. The van der Waals surface area contributed by atoms with Gasteiger partial charge in [0.05, 0.1) is 17.7 Å². The molecule has 0 aromatic carbocycles. The van der Waals surface area contributed by atoms with E-state index in [1.807, 2.05) is 6.92 Å². The first kappa shape index (κ1) is 15.1. The second-order valence-corrected chi connectivity index (χ2v) is 5.12. The molecule has 110 valence electrons. The summed E-state index contributed by atoms with van der Waals surface area (Å²) in [4.78, 5) is 18.6. The number of carbonyl (C=O) groups excluding carboxylic acids is 1. The molecular formula is C14H20ClN3O2. The molecule has 0 bridgehead atoms. The number of rotatable bonds is 4. The van der Waals surface area contributed by atoms with E-state index < -0.39 is 0 Å². The summed E-state index contributed by atoms with van der Waals surface area (Å²) in [6, 6.07) is 3.48. The SMILES string of the molecule is CCNc1ccc(Cl)c(C(=O)N2CCOC(CC)C2)n1. The quantitative estimate of drug-likeness (QED) is 0.927. The van der Waals surface area contributed by atoms with Gasteiger partial charge in [0.1, 0.15) is 11.5 Å². The van der Waals surface area contributed by atoms with Crippen molar-refractivity contribution in [2.45, 2.75) is 26.4 Å². The summed E-state index contributed by atoms with van der Waals surface area (Å²) in [5, 5.41) is 3.47. The summed E-state index contributed by atoms with van der Waals surface area (Å²) in [5.74, 6) is 0.539. The van der Waals surface area contributed by atoms with Crippen LogP contribution in [-0.4, -0.2) is 48.1 Å². The molecule has 6 heteroatoms. The van der Waals surface area contributed by atoms with Gasteiger partial charge in [0.25, 0.3) is 5.91 Å². The number of anilines is 1. The lowest BCUT2D eigenvalue weighted by atomic mass is 10.2. The molecule has 1 aromatic heterocycles. The van der Waals surface area contributed by atoms with Crippen LogP contribution in [0.1, 0.15) is 30.8 Å². The minimum absolute atomic E-state index is 0.100. The van der Waals surface area contributed by atoms with E-state index in [1.165, 1.54) is 0 Å². The van der Waals surface area contributed by atoms with Crippen LogP contribution in [0.25, 0.3) is 0 Å². The minimum atomic E-state index is -0.128. The van der Waals surface area contributed by atoms with Gasteiger partial charge in [0.15, 0.2) is 0 Å². The molecule has 1 fully saturated rings. The monoisotopic (exact) mass is 297 g/mol. The van der Waals surface area contributed by atoms with Gasteiger partial charge in [-0.2, -0.15) is 0 Å². The first-order valence-electron chi connectivity index (χ1n) is 6.97. The van der Waals surface area contributed by atoms with Crippen molar-refractivity contribution in [2.24, 2.45) is 0 Å². The Morgan fingerprint density at radius 2 is 2.35 bits per heavy atom. The van der Waals surface area contributed by atoms with Crippen molar-refractivity contribution in [3.05, 3.63) is 22.8 Å². The highest BCUT2D eigenvalue weighted by Crippen LogP contribution is 2.20. The molecule has 1 aromatic rings. The van der Waals surface area contributed by atoms with Crippen LogP contribution in [0.15, 0.2) is 12.1 Å². The molecule has 5 nitrogen and oxygen atoms in total. The lowest BCUT2D eigenvalue weighted by molar-refractivity contribution is -0.0228. The number of pyridine rings is 1. The molecule has 2 heterocycles. The number of nitrogens with zero attached hydrogens (tertiary/aromatic N) is 2. The highest BCUT2D eigenvalue weighted by molar-refractivity contribution is 6.33. The Morgan fingerprint density at radius 1 is 1.55 bits per heavy atom. The summed E-state index contributed by atoms with van der Waals surface area (Å²) < 4.78 is 5.58. The molecule has 0 spiro atoms. The van der Waals surface area contributed by atoms with Crippen LogP contribution in [0.4, 0.5) is 5.82 Å². The smallest absolute Gasteiger partial charge is 0.274 e. The first-order valence-corrected chi connectivity index (χ1v) is 7.34. The van der Waals surface area contributed by atoms with E-state index >= 15 is 0 Å². The van der Waals surface area contributed by atoms with Crippen molar-refractivity contribution in [1.82, 2.24) is 9.88 Å². The van der Waals surface area contributed by atoms with Gasteiger partial charge in [-0.3, -0.25) is 4.79 Å².